The Morgan fingerprint density at radius 1 is 1.11 bits per heavy atom. The number of benzene rings is 2. The Kier molecular flexibility index (Phi) is 10.9. The van der Waals surface area contributed by atoms with E-state index in [0.29, 0.717) is 61.2 Å². The summed E-state index contributed by atoms with van der Waals surface area (Å²) in [5.41, 5.74) is 4.95. The van der Waals surface area contributed by atoms with Crippen molar-refractivity contribution in [2.45, 2.75) is 49.7 Å². The van der Waals surface area contributed by atoms with E-state index in [9.17, 15) is 23.9 Å². The number of ether oxygens (including phenoxy) is 2. The van der Waals surface area contributed by atoms with Gasteiger partial charge in [0.2, 0.25) is 0 Å². The van der Waals surface area contributed by atoms with Crippen LogP contribution in [0.2, 0.25) is 0 Å². The van der Waals surface area contributed by atoms with E-state index in [1.54, 1.807) is 30.0 Å². The predicted molar refractivity (Wildman–Crippen MR) is 162 cm³/mol. The summed E-state index contributed by atoms with van der Waals surface area (Å²) in [4.78, 5) is 46.0. The van der Waals surface area contributed by atoms with Gasteiger partial charge in [-0.25, -0.2) is 4.79 Å². The fourth-order valence-corrected chi connectivity index (χ4v) is 5.81. The lowest BCUT2D eigenvalue weighted by atomic mass is 9.80. The van der Waals surface area contributed by atoms with Crippen LogP contribution in [-0.2, 0) is 15.6 Å². The molecule has 5 rings (SSSR count). The normalized spacial score (nSPS) is 17.6. The molecule has 1 spiro atoms. The molecule has 2 amide bonds. The Hall–Kier alpha value is -3.56. The van der Waals surface area contributed by atoms with Crippen molar-refractivity contribution in [3.05, 3.63) is 59.8 Å². The number of likely N-dealkylation sites (tertiary alicyclic amines) is 1. The second-order valence-corrected chi connectivity index (χ2v) is 12.9. The molecule has 0 radical (unpaired) electrons. The van der Waals surface area contributed by atoms with Crippen LogP contribution in [0.1, 0.15) is 48.1 Å². The highest BCUT2D eigenvalue weighted by molar-refractivity contribution is 7.50. The molecule has 45 heavy (non-hydrogen) atoms. The third-order valence-corrected chi connectivity index (χ3v) is 8.46. The quantitative estimate of drug-likeness (QED) is 0.170. The van der Waals surface area contributed by atoms with Gasteiger partial charge in [-0.05, 0) is 19.1 Å². The van der Waals surface area contributed by atoms with Crippen LogP contribution in [0.3, 0.4) is 0 Å². The van der Waals surface area contributed by atoms with Gasteiger partial charge in [-0.1, -0.05) is 30.3 Å². The lowest BCUT2D eigenvalue weighted by molar-refractivity contribution is -0.0233. The zero-order chi connectivity index (χ0) is 32.8. The number of nitrogens with one attached hydrogen (secondary N) is 1. The largest absolute Gasteiger partial charge is 0.487 e. The lowest BCUT2D eigenvalue weighted by Gasteiger charge is -2.46. The maximum atomic E-state index is 13.5. The topological polar surface area (TPSA) is 230 Å². The first-order chi connectivity index (χ1) is 21.3. The molecule has 3 aromatic rings. The molecular formula is C29H40N5O10P. The lowest BCUT2D eigenvalue weighted by Crippen LogP contribution is -2.53. The maximum Gasteiger partial charge on any atom is 0.409 e. The highest BCUT2D eigenvalue weighted by Crippen LogP contribution is 2.44. The number of rotatable bonds is 8. The van der Waals surface area contributed by atoms with Crippen LogP contribution < -0.4 is 15.8 Å². The van der Waals surface area contributed by atoms with Gasteiger partial charge in [-0.3, -0.25) is 14.0 Å². The van der Waals surface area contributed by atoms with Crippen molar-refractivity contribution in [1.29, 1.82) is 0 Å². The molecule has 15 nitrogen and oxygen atoms in total. The molecular weight excluding hydrogens is 609 g/mol. The second kappa shape index (κ2) is 14.3. The smallest absolute Gasteiger partial charge is 0.409 e. The molecule has 2 aromatic carbocycles. The number of hydrogen-bond acceptors (Lipinski definition) is 10. The molecule has 1 atom stereocenters. The van der Waals surface area contributed by atoms with Crippen molar-refractivity contribution in [1.82, 2.24) is 20.0 Å². The Labute approximate surface area is 259 Å². The van der Waals surface area contributed by atoms with Crippen molar-refractivity contribution in [2.24, 2.45) is 5.73 Å². The van der Waals surface area contributed by atoms with Gasteiger partial charge in [-0.2, -0.15) is 5.10 Å². The molecule has 0 aliphatic carbocycles. The van der Waals surface area contributed by atoms with E-state index < -0.39 is 44.8 Å². The summed E-state index contributed by atoms with van der Waals surface area (Å²) >= 11 is 0. The first kappa shape index (κ1) is 34.3. The summed E-state index contributed by atoms with van der Waals surface area (Å²) in [6.07, 6.45) is 2.37. The monoisotopic (exact) mass is 649 g/mol. The second-order valence-electron chi connectivity index (χ2n) is 11.3. The van der Waals surface area contributed by atoms with E-state index in [4.69, 9.17) is 30.5 Å². The third kappa shape index (κ3) is 8.38. The summed E-state index contributed by atoms with van der Waals surface area (Å²) in [6.45, 7) is 1.89. The Morgan fingerprint density at radius 2 is 1.78 bits per heavy atom. The first-order valence-electron chi connectivity index (χ1n) is 14.5. The minimum absolute atomic E-state index is 0.317. The van der Waals surface area contributed by atoms with Crippen molar-refractivity contribution >= 4 is 30.5 Å². The van der Waals surface area contributed by atoms with Crippen LogP contribution in [0.4, 0.5) is 4.79 Å². The van der Waals surface area contributed by atoms with Gasteiger partial charge < -0.3 is 50.5 Å². The van der Waals surface area contributed by atoms with Crippen LogP contribution in [0.5, 0.6) is 5.75 Å². The summed E-state index contributed by atoms with van der Waals surface area (Å²) < 4.78 is 24.2. The Morgan fingerprint density at radius 3 is 2.38 bits per heavy atom. The number of amides is 2. The number of aliphatic hydroxyl groups excluding tert-OH is 3. The van der Waals surface area contributed by atoms with E-state index in [0.717, 1.165) is 10.2 Å². The van der Waals surface area contributed by atoms with Gasteiger partial charge in [0.25, 0.3) is 5.91 Å². The summed E-state index contributed by atoms with van der Waals surface area (Å²) in [7, 11) is -4.33. The molecule has 0 unspecified atom stereocenters. The molecule has 2 aliphatic rings. The van der Waals surface area contributed by atoms with Crippen LogP contribution in [0.25, 0.3) is 10.9 Å². The van der Waals surface area contributed by atoms with Gasteiger partial charge in [0.15, 0.2) is 0 Å². The summed E-state index contributed by atoms with van der Waals surface area (Å²) in [5, 5.41) is 33.0. The maximum absolute atomic E-state index is 13.5. The number of para-hydroxylation sites is 1. The number of aromatic nitrogens is 2. The molecule has 2 aliphatic heterocycles. The number of hydrogen-bond donors (Lipinski definition) is 7. The van der Waals surface area contributed by atoms with Crippen LogP contribution in [0.15, 0.2) is 48.7 Å². The SMILES string of the molecule is CCOC(=O)N1CCC2(CC1)C[C@H](NC(=O)c1cccc3cn(CP(=O)(O)O)nc13)c1ccccc1O2.NC(CO)(CO)CO. The zero-order valence-electron chi connectivity index (χ0n) is 24.9. The minimum Gasteiger partial charge on any atom is -0.487 e. The molecule has 1 fully saturated rings. The van der Waals surface area contributed by atoms with E-state index >= 15 is 0 Å². The molecule has 246 valence electrons. The fraction of sp³-hybridized carbons (Fsp3) is 0.483. The molecule has 1 saturated heterocycles. The fourth-order valence-electron chi connectivity index (χ4n) is 5.29. The highest BCUT2D eigenvalue weighted by Gasteiger charge is 2.44. The van der Waals surface area contributed by atoms with Crippen molar-refractivity contribution in [2.75, 3.05) is 39.5 Å². The number of carbonyl (C=O) groups excluding carboxylic acids is 2. The van der Waals surface area contributed by atoms with Gasteiger partial charge in [0, 0.05) is 49.5 Å². The van der Waals surface area contributed by atoms with E-state index in [-0.39, 0.29) is 18.0 Å². The van der Waals surface area contributed by atoms with Gasteiger partial charge >= 0.3 is 13.7 Å². The minimum atomic E-state index is -4.33. The average molecular weight is 650 g/mol. The van der Waals surface area contributed by atoms with E-state index in [2.05, 4.69) is 10.4 Å². The molecule has 0 bridgehead atoms. The van der Waals surface area contributed by atoms with Crippen molar-refractivity contribution in [3.8, 4) is 5.75 Å². The number of nitrogens with two attached hydrogens (primary N) is 1. The molecule has 3 heterocycles. The van der Waals surface area contributed by atoms with Crippen LogP contribution >= 0.6 is 7.60 Å². The van der Waals surface area contributed by atoms with Crippen molar-refractivity contribution in [3.63, 3.8) is 0 Å². The van der Waals surface area contributed by atoms with Crippen LogP contribution in [0, 0.1) is 0 Å². The standard InChI is InChI=1S/C25H29N4O7P.C4H11NO3/c1-2-35-24(31)28-12-10-25(11-13-28)14-20(18-7-3-4-9-21(18)36-25)26-23(30)19-8-5-6-17-15-29(27-22(17)19)16-37(32,33)34;5-4(1-6,2-7)3-8/h3-9,15,20H,2,10-14,16H2,1H3,(H,26,30)(H2,32,33,34);6-8H,1-3,5H2/t20-;/m0./s1. The molecule has 1 aromatic heterocycles. The summed E-state index contributed by atoms with van der Waals surface area (Å²) in [5.74, 6) is 0.362. The predicted octanol–water partition coefficient (Wildman–Crippen LogP) is 1.08. The number of aliphatic hydroxyl groups is 3. The molecule has 0 saturated carbocycles. The number of carbonyl (C=O) groups is 2. The van der Waals surface area contributed by atoms with Crippen LogP contribution in [-0.4, -0.2) is 102 Å². The van der Waals surface area contributed by atoms with Gasteiger partial charge in [0.05, 0.1) is 43.6 Å². The average Bonchev–Trinajstić information content (AvgIpc) is 3.42. The van der Waals surface area contributed by atoms with Gasteiger partial charge in [0.1, 0.15) is 23.2 Å². The first-order valence-corrected chi connectivity index (χ1v) is 16.3. The molecule has 8 N–H and O–H groups in total. The van der Waals surface area contributed by atoms with E-state index in [1.165, 1.54) is 6.20 Å². The van der Waals surface area contributed by atoms with Gasteiger partial charge in [-0.15, -0.1) is 0 Å². The number of piperidine rings is 1. The number of nitrogens with zero attached hydrogens (tertiary/aromatic N) is 3. The zero-order valence-corrected chi connectivity index (χ0v) is 25.8. The third-order valence-electron chi connectivity index (χ3n) is 7.81. The Bertz CT molecular complexity index is 1520. The Balaban J connectivity index is 0.000000510. The number of fused-ring (bicyclic) bond motifs is 2. The molecule has 16 heteroatoms. The summed E-state index contributed by atoms with van der Waals surface area (Å²) in [6, 6.07) is 12.4. The highest BCUT2D eigenvalue weighted by atomic mass is 31.2. The van der Waals surface area contributed by atoms with E-state index in [1.807, 2.05) is 24.3 Å². The van der Waals surface area contributed by atoms with Crippen molar-refractivity contribution < 1.29 is 48.7 Å².